The Morgan fingerprint density at radius 1 is 1.17 bits per heavy atom. The Balaban J connectivity index is 1.65. The molecule has 1 atom stereocenters. The maximum atomic E-state index is 12.8. The average Bonchev–Trinajstić information content (AvgIpc) is 2.75. The van der Waals surface area contributed by atoms with Crippen molar-refractivity contribution in [1.29, 1.82) is 0 Å². The van der Waals surface area contributed by atoms with Crippen molar-refractivity contribution in [3.8, 4) is 5.75 Å². The molecule has 8 nitrogen and oxygen atoms in total. The fourth-order valence-electron chi connectivity index (χ4n) is 3.57. The molecule has 0 unspecified atom stereocenters. The van der Waals surface area contributed by atoms with E-state index in [1.165, 1.54) is 7.11 Å². The van der Waals surface area contributed by atoms with E-state index in [0.717, 1.165) is 22.1 Å². The molecule has 0 aliphatic carbocycles. The van der Waals surface area contributed by atoms with E-state index in [4.69, 9.17) is 4.74 Å². The maximum absolute atomic E-state index is 12.8. The van der Waals surface area contributed by atoms with Crippen molar-refractivity contribution in [3.63, 3.8) is 0 Å². The molecule has 0 spiro atoms. The van der Waals surface area contributed by atoms with Crippen molar-refractivity contribution in [2.45, 2.75) is 19.0 Å². The molecule has 1 saturated heterocycles. The second-order valence-electron chi connectivity index (χ2n) is 7.35. The molecule has 0 radical (unpaired) electrons. The van der Waals surface area contributed by atoms with Gasteiger partial charge in [-0.2, -0.15) is 0 Å². The normalized spacial score (nSPS) is 16.8. The number of methoxy groups -OCH3 is 2. The lowest BCUT2D eigenvalue weighted by Gasteiger charge is -2.34. The summed E-state index contributed by atoms with van der Waals surface area (Å²) < 4.78 is 9.94. The van der Waals surface area contributed by atoms with Crippen molar-refractivity contribution >= 4 is 28.6 Å². The summed E-state index contributed by atoms with van der Waals surface area (Å²) in [6, 6.07) is 11.2. The molecule has 1 heterocycles. The van der Waals surface area contributed by atoms with Gasteiger partial charge < -0.3 is 19.7 Å². The first kappa shape index (κ1) is 21.6. The number of fused-ring (bicyclic) bond motifs is 1. The van der Waals surface area contributed by atoms with Gasteiger partial charge >= 0.3 is 5.97 Å². The quantitative estimate of drug-likeness (QED) is 0.686. The van der Waals surface area contributed by atoms with Crippen LogP contribution >= 0.6 is 0 Å². The molecule has 30 heavy (non-hydrogen) atoms. The zero-order valence-electron chi connectivity index (χ0n) is 17.5. The lowest BCUT2D eigenvalue weighted by Crippen LogP contribution is -2.58. The first-order valence-electron chi connectivity index (χ1n) is 9.80. The number of hydrogen-bond donors (Lipinski definition) is 1. The smallest absolute Gasteiger partial charge is 0.307 e. The number of amides is 2. The predicted molar refractivity (Wildman–Crippen MR) is 112 cm³/mol. The fraction of sp³-hybridized carbons (Fsp3) is 0.409. The maximum Gasteiger partial charge on any atom is 0.307 e. The second-order valence-corrected chi connectivity index (χ2v) is 7.35. The molecular formula is C22H27N3O5. The summed E-state index contributed by atoms with van der Waals surface area (Å²) in [5.74, 6) is -0.0493. The molecule has 3 rings (SSSR count). The molecule has 0 bridgehead atoms. The van der Waals surface area contributed by atoms with Crippen molar-refractivity contribution in [1.82, 2.24) is 15.1 Å². The van der Waals surface area contributed by atoms with Crippen molar-refractivity contribution in [2.75, 3.05) is 40.9 Å². The number of carbonyl (C=O) groups is 3. The Bertz CT molecular complexity index is 946. The third-order valence-electron chi connectivity index (χ3n) is 5.33. The van der Waals surface area contributed by atoms with Gasteiger partial charge in [0.1, 0.15) is 11.8 Å². The van der Waals surface area contributed by atoms with Gasteiger partial charge in [0.2, 0.25) is 11.8 Å². The molecule has 160 valence electrons. The first-order valence-corrected chi connectivity index (χ1v) is 9.80. The minimum absolute atomic E-state index is 0.0658. The molecule has 1 aliphatic rings. The van der Waals surface area contributed by atoms with Gasteiger partial charge in [0, 0.05) is 26.7 Å². The average molecular weight is 413 g/mol. The minimum Gasteiger partial charge on any atom is -0.497 e. The molecule has 0 saturated carbocycles. The number of esters is 1. The van der Waals surface area contributed by atoms with Crippen molar-refractivity contribution < 1.29 is 23.9 Å². The number of ether oxygens (including phenoxy) is 2. The van der Waals surface area contributed by atoms with Crippen LogP contribution in [0.4, 0.5) is 0 Å². The van der Waals surface area contributed by atoms with Crippen LogP contribution in [-0.4, -0.2) is 74.5 Å². The van der Waals surface area contributed by atoms with Crippen LogP contribution in [-0.2, 0) is 25.7 Å². The molecule has 8 heteroatoms. The fourth-order valence-corrected chi connectivity index (χ4v) is 3.57. The van der Waals surface area contributed by atoms with E-state index in [2.05, 4.69) is 10.1 Å². The summed E-state index contributed by atoms with van der Waals surface area (Å²) in [7, 11) is 4.66. The van der Waals surface area contributed by atoms with Crippen LogP contribution in [0.3, 0.4) is 0 Å². The van der Waals surface area contributed by atoms with Gasteiger partial charge in [-0.3, -0.25) is 19.3 Å². The van der Waals surface area contributed by atoms with E-state index in [0.29, 0.717) is 19.6 Å². The van der Waals surface area contributed by atoms with Crippen LogP contribution in [0.25, 0.3) is 10.8 Å². The van der Waals surface area contributed by atoms with Gasteiger partial charge in [-0.15, -0.1) is 0 Å². The monoisotopic (exact) mass is 413 g/mol. The lowest BCUT2D eigenvalue weighted by molar-refractivity contribution is -0.147. The molecule has 1 aliphatic heterocycles. The van der Waals surface area contributed by atoms with E-state index < -0.39 is 12.0 Å². The SMILES string of the molecule is COC(=O)C[C@H]1C(=O)NCCN1CC(=O)N(C)Cc1ccc2cc(OC)ccc2c1. The summed E-state index contributed by atoms with van der Waals surface area (Å²) in [6.45, 7) is 1.46. The highest BCUT2D eigenvalue weighted by Crippen LogP contribution is 2.22. The zero-order chi connectivity index (χ0) is 21.7. The molecule has 2 aromatic carbocycles. The number of carbonyl (C=O) groups excluding carboxylic acids is 3. The highest BCUT2D eigenvalue weighted by atomic mass is 16.5. The largest absolute Gasteiger partial charge is 0.497 e. The highest BCUT2D eigenvalue weighted by Gasteiger charge is 2.33. The third kappa shape index (κ3) is 5.07. The number of nitrogens with zero attached hydrogens (tertiary/aromatic N) is 2. The summed E-state index contributed by atoms with van der Waals surface area (Å²) in [5.41, 5.74) is 1.01. The van der Waals surface area contributed by atoms with Crippen LogP contribution in [0.1, 0.15) is 12.0 Å². The summed E-state index contributed by atoms with van der Waals surface area (Å²) in [6.07, 6.45) is -0.0759. The van der Waals surface area contributed by atoms with E-state index in [1.807, 2.05) is 36.4 Å². The predicted octanol–water partition coefficient (Wildman–Crippen LogP) is 1.17. The lowest BCUT2D eigenvalue weighted by atomic mass is 10.1. The Hall–Kier alpha value is -3.13. The van der Waals surface area contributed by atoms with Gasteiger partial charge in [-0.25, -0.2) is 0 Å². The number of rotatable bonds is 7. The number of nitrogens with one attached hydrogen (secondary N) is 1. The van der Waals surface area contributed by atoms with E-state index in [1.54, 1.807) is 24.0 Å². The molecule has 2 aromatic rings. The number of hydrogen-bond acceptors (Lipinski definition) is 6. The van der Waals surface area contributed by atoms with Crippen LogP contribution in [0.2, 0.25) is 0 Å². The summed E-state index contributed by atoms with van der Waals surface area (Å²) in [4.78, 5) is 40.0. The minimum atomic E-state index is -0.695. The van der Waals surface area contributed by atoms with Gasteiger partial charge in [-0.1, -0.05) is 18.2 Å². The van der Waals surface area contributed by atoms with Crippen molar-refractivity contribution in [3.05, 3.63) is 42.0 Å². The highest BCUT2D eigenvalue weighted by molar-refractivity contribution is 5.88. The van der Waals surface area contributed by atoms with Crippen LogP contribution < -0.4 is 10.1 Å². The Morgan fingerprint density at radius 2 is 1.90 bits per heavy atom. The molecular weight excluding hydrogens is 386 g/mol. The molecule has 1 fully saturated rings. The van der Waals surface area contributed by atoms with Crippen LogP contribution in [0.5, 0.6) is 5.75 Å². The third-order valence-corrected chi connectivity index (χ3v) is 5.33. The van der Waals surface area contributed by atoms with E-state index >= 15 is 0 Å². The topological polar surface area (TPSA) is 88.2 Å². The summed E-state index contributed by atoms with van der Waals surface area (Å²) >= 11 is 0. The van der Waals surface area contributed by atoms with Gasteiger partial charge in [0.05, 0.1) is 27.2 Å². The van der Waals surface area contributed by atoms with Crippen LogP contribution in [0.15, 0.2) is 36.4 Å². The number of piperazine rings is 1. The Labute approximate surface area is 175 Å². The number of likely N-dealkylation sites (N-methyl/N-ethyl adjacent to an activating group) is 1. The summed E-state index contributed by atoms with van der Waals surface area (Å²) in [5, 5.41) is 4.87. The second kappa shape index (κ2) is 9.58. The van der Waals surface area contributed by atoms with Gasteiger partial charge in [0.15, 0.2) is 0 Å². The zero-order valence-corrected chi connectivity index (χ0v) is 17.5. The van der Waals surface area contributed by atoms with E-state index in [-0.39, 0.29) is 24.8 Å². The molecule has 1 N–H and O–H groups in total. The Morgan fingerprint density at radius 3 is 2.63 bits per heavy atom. The Kier molecular flexibility index (Phi) is 6.89. The van der Waals surface area contributed by atoms with Crippen molar-refractivity contribution in [2.24, 2.45) is 0 Å². The van der Waals surface area contributed by atoms with Crippen LogP contribution in [0, 0.1) is 0 Å². The molecule has 2 amide bonds. The standard InChI is InChI=1S/C22H27N3O5/c1-24(13-15-4-5-17-11-18(29-2)7-6-16(17)10-15)20(26)14-25-9-8-23-22(28)19(25)12-21(27)30-3/h4-7,10-11,19H,8-9,12-14H2,1-3H3,(H,23,28)/t19-/m0/s1. The van der Waals surface area contributed by atoms with E-state index in [9.17, 15) is 14.4 Å². The molecule has 0 aromatic heterocycles. The van der Waals surface area contributed by atoms with Gasteiger partial charge in [-0.05, 0) is 34.5 Å². The van der Waals surface area contributed by atoms with Gasteiger partial charge in [0.25, 0.3) is 0 Å². The number of benzene rings is 2. The first-order chi connectivity index (χ1) is 14.4.